The lowest BCUT2D eigenvalue weighted by atomic mass is 10.0. The Morgan fingerprint density at radius 2 is 2.08 bits per heavy atom. The molecule has 10 heteroatoms. The Morgan fingerprint density at radius 1 is 1.33 bits per heavy atom. The van der Waals surface area contributed by atoms with E-state index in [1.165, 1.54) is 6.07 Å². The molecule has 1 aromatic heterocycles. The molecule has 0 aliphatic carbocycles. The maximum Gasteiger partial charge on any atom is 0.250 e. The zero-order chi connectivity index (χ0) is 17.2. The van der Waals surface area contributed by atoms with Crippen molar-refractivity contribution in [2.75, 3.05) is 39.5 Å². The average molecular weight is 378 g/mol. The van der Waals surface area contributed by atoms with Crippen LogP contribution in [0.4, 0.5) is 0 Å². The summed E-state index contributed by atoms with van der Waals surface area (Å²) < 4.78 is 38.3. The number of sulfonamides is 1. The van der Waals surface area contributed by atoms with E-state index in [2.05, 4.69) is 4.72 Å². The fourth-order valence-electron chi connectivity index (χ4n) is 3.15. The quantitative estimate of drug-likeness (QED) is 0.573. The van der Waals surface area contributed by atoms with Gasteiger partial charge in [-0.25, -0.2) is 13.1 Å². The summed E-state index contributed by atoms with van der Waals surface area (Å²) in [6, 6.07) is 2.83. The van der Waals surface area contributed by atoms with Crippen LogP contribution in [0.15, 0.2) is 21.7 Å². The van der Waals surface area contributed by atoms with Crippen LogP contribution < -0.4 is 4.72 Å². The Kier molecular flexibility index (Phi) is 5.88. The van der Waals surface area contributed by atoms with Gasteiger partial charge >= 0.3 is 0 Å². The normalized spacial score (nSPS) is 32.2. The maximum absolute atomic E-state index is 12.3. The third-order valence-electron chi connectivity index (χ3n) is 4.34. The van der Waals surface area contributed by atoms with Crippen molar-refractivity contribution in [1.82, 2.24) is 9.62 Å². The van der Waals surface area contributed by atoms with Crippen LogP contribution in [-0.2, 0) is 19.5 Å². The number of morpholine rings is 1. The highest BCUT2D eigenvalue weighted by molar-refractivity contribution is 7.91. The van der Waals surface area contributed by atoms with E-state index in [1.807, 2.05) is 4.90 Å². The number of nitrogens with one attached hydrogen (secondary N) is 1. The van der Waals surface area contributed by atoms with Gasteiger partial charge in [-0.3, -0.25) is 4.90 Å². The summed E-state index contributed by atoms with van der Waals surface area (Å²) >= 11 is 1.14. The molecule has 136 valence electrons. The Balaban J connectivity index is 1.69. The van der Waals surface area contributed by atoms with Crippen LogP contribution in [-0.4, -0.2) is 87.3 Å². The van der Waals surface area contributed by atoms with Gasteiger partial charge in [0.2, 0.25) is 10.0 Å². The van der Waals surface area contributed by atoms with Gasteiger partial charge in [0.1, 0.15) is 16.4 Å². The summed E-state index contributed by atoms with van der Waals surface area (Å²) in [7, 11) is -3.60. The number of aliphatic hydroxyl groups is 2. The molecule has 3 rings (SSSR count). The summed E-state index contributed by atoms with van der Waals surface area (Å²) in [5, 5.41) is 21.5. The molecule has 2 fully saturated rings. The average Bonchev–Trinajstić information content (AvgIpc) is 3.22. The van der Waals surface area contributed by atoms with Crippen molar-refractivity contribution in [2.45, 2.75) is 28.6 Å². The van der Waals surface area contributed by atoms with Crippen molar-refractivity contribution in [3.05, 3.63) is 17.5 Å². The van der Waals surface area contributed by atoms with Gasteiger partial charge in [0.25, 0.3) is 0 Å². The van der Waals surface area contributed by atoms with E-state index in [-0.39, 0.29) is 23.4 Å². The van der Waals surface area contributed by atoms with E-state index in [0.717, 1.165) is 11.3 Å². The fraction of sp³-hybridized carbons (Fsp3) is 0.714. The molecule has 3 N–H and O–H groups in total. The minimum Gasteiger partial charge on any atom is -0.394 e. The van der Waals surface area contributed by atoms with Crippen molar-refractivity contribution in [3.8, 4) is 0 Å². The van der Waals surface area contributed by atoms with E-state index in [4.69, 9.17) is 9.47 Å². The first-order valence-corrected chi connectivity index (χ1v) is 10.2. The van der Waals surface area contributed by atoms with Crippen LogP contribution in [0.25, 0.3) is 0 Å². The smallest absolute Gasteiger partial charge is 0.250 e. The number of nitrogens with zero attached hydrogens (tertiary/aromatic N) is 1. The van der Waals surface area contributed by atoms with Crippen LogP contribution >= 0.6 is 11.3 Å². The summed E-state index contributed by atoms with van der Waals surface area (Å²) in [5.41, 5.74) is 0. The van der Waals surface area contributed by atoms with Gasteiger partial charge in [0, 0.05) is 19.6 Å². The number of hydrogen-bond acceptors (Lipinski definition) is 8. The van der Waals surface area contributed by atoms with Crippen LogP contribution in [0.2, 0.25) is 0 Å². The molecular weight excluding hydrogens is 356 g/mol. The second-order valence-electron chi connectivity index (χ2n) is 5.81. The molecule has 0 aromatic carbocycles. The second-order valence-corrected chi connectivity index (χ2v) is 8.75. The number of thiophene rings is 1. The van der Waals surface area contributed by atoms with Crippen molar-refractivity contribution >= 4 is 21.4 Å². The topological polar surface area (TPSA) is 108 Å². The van der Waals surface area contributed by atoms with Crippen molar-refractivity contribution < 1.29 is 28.1 Å². The first-order chi connectivity index (χ1) is 11.5. The predicted molar refractivity (Wildman–Crippen MR) is 87.4 cm³/mol. The molecule has 3 heterocycles. The first kappa shape index (κ1) is 18.2. The van der Waals surface area contributed by atoms with Gasteiger partial charge in [-0.2, -0.15) is 0 Å². The zero-order valence-electron chi connectivity index (χ0n) is 13.1. The van der Waals surface area contributed by atoms with Gasteiger partial charge in [0.15, 0.2) is 0 Å². The Morgan fingerprint density at radius 3 is 2.71 bits per heavy atom. The van der Waals surface area contributed by atoms with E-state index in [1.54, 1.807) is 11.4 Å². The SMILES string of the molecule is O=S(=O)(NC[C@@H]1O[C@@H](CO)[C@@H](O)[C@H]1N1CCOCC1)c1cccs1. The molecule has 0 bridgehead atoms. The fourth-order valence-corrected chi connectivity index (χ4v) is 5.23. The highest BCUT2D eigenvalue weighted by Gasteiger charge is 2.46. The van der Waals surface area contributed by atoms with E-state index in [9.17, 15) is 18.6 Å². The molecule has 2 aliphatic heterocycles. The van der Waals surface area contributed by atoms with E-state index in [0.29, 0.717) is 26.3 Å². The highest BCUT2D eigenvalue weighted by atomic mass is 32.2. The van der Waals surface area contributed by atoms with Crippen molar-refractivity contribution in [1.29, 1.82) is 0 Å². The molecule has 2 saturated heterocycles. The maximum atomic E-state index is 12.3. The van der Waals surface area contributed by atoms with Crippen LogP contribution in [0, 0.1) is 0 Å². The summed E-state index contributed by atoms with van der Waals surface area (Å²) in [6.45, 7) is 2.11. The lowest BCUT2D eigenvalue weighted by Gasteiger charge is -2.36. The van der Waals surface area contributed by atoms with E-state index >= 15 is 0 Å². The molecule has 0 spiro atoms. The molecule has 0 saturated carbocycles. The monoisotopic (exact) mass is 378 g/mol. The lowest BCUT2D eigenvalue weighted by molar-refractivity contribution is -0.0207. The predicted octanol–water partition coefficient (Wildman–Crippen LogP) is -1.15. The Labute approximate surface area is 145 Å². The molecule has 0 radical (unpaired) electrons. The molecule has 4 atom stereocenters. The standard InChI is InChI=1S/C14H22N2O6S2/c17-9-11-14(18)13(16-3-5-21-6-4-16)10(22-11)8-15-24(19,20)12-2-1-7-23-12/h1-2,7,10-11,13-15,17-18H,3-6,8-9H2/t10-,11-,13-,14+/m0/s1. The van der Waals surface area contributed by atoms with Gasteiger partial charge in [-0.05, 0) is 11.4 Å². The van der Waals surface area contributed by atoms with Crippen molar-refractivity contribution in [2.24, 2.45) is 0 Å². The lowest BCUT2D eigenvalue weighted by Crippen LogP contribution is -2.54. The summed E-state index contributed by atoms with van der Waals surface area (Å²) in [4.78, 5) is 2.04. The van der Waals surface area contributed by atoms with Crippen LogP contribution in [0.5, 0.6) is 0 Å². The van der Waals surface area contributed by atoms with Gasteiger partial charge < -0.3 is 19.7 Å². The van der Waals surface area contributed by atoms with E-state index < -0.39 is 28.3 Å². The number of ether oxygens (including phenoxy) is 2. The molecule has 0 amide bonds. The Hall–Kier alpha value is -0.590. The molecule has 1 aromatic rings. The highest BCUT2D eigenvalue weighted by Crippen LogP contribution is 2.27. The molecule has 8 nitrogen and oxygen atoms in total. The summed E-state index contributed by atoms with van der Waals surface area (Å²) in [5.74, 6) is 0. The molecule has 0 unspecified atom stereocenters. The van der Waals surface area contributed by atoms with Gasteiger partial charge in [0.05, 0.1) is 32.0 Å². The summed E-state index contributed by atoms with van der Waals surface area (Å²) in [6.07, 6.45) is -2.12. The molecule has 2 aliphatic rings. The molecule has 24 heavy (non-hydrogen) atoms. The third kappa shape index (κ3) is 3.81. The first-order valence-electron chi connectivity index (χ1n) is 7.82. The zero-order valence-corrected chi connectivity index (χ0v) is 14.7. The number of rotatable bonds is 6. The third-order valence-corrected chi connectivity index (χ3v) is 7.16. The Bertz CT molecular complexity index is 617. The largest absolute Gasteiger partial charge is 0.394 e. The minimum atomic E-state index is -3.60. The number of hydrogen-bond donors (Lipinski definition) is 3. The number of aliphatic hydroxyl groups excluding tert-OH is 2. The van der Waals surface area contributed by atoms with Gasteiger partial charge in [-0.15, -0.1) is 11.3 Å². The van der Waals surface area contributed by atoms with Crippen LogP contribution in [0.1, 0.15) is 0 Å². The van der Waals surface area contributed by atoms with Gasteiger partial charge in [-0.1, -0.05) is 6.07 Å². The van der Waals surface area contributed by atoms with Crippen LogP contribution in [0.3, 0.4) is 0 Å². The second kappa shape index (κ2) is 7.75. The molecular formula is C14H22N2O6S2. The minimum absolute atomic E-state index is 0.0375. The van der Waals surface area contributed by atoms with Crippen molar-refractivity contribution in [3.63, 3.8) is 0 Å².